The lowest BCUT2D eigenvalue weighted by molar-refractivity contribution is 0.353. The van der Waals surface area contributed by atoms with Crippen molar-refractivity contribution in [3.63, 3.8) is 0 Å². The van der Waals surface area contributed by atoms with Gasteiger partial charge in [-0.05, 0) is 11.4 Å². The van der Waals surface area contributed by atoms with Gasteiger partial charge in [-0.3, -0.25) is 0 Å². The zero-order valence-corrected chi connectivity index (χ0v) is 14.7. The number of anilines is 1. The van der Waals surface area contributed by atoms with Crippen LogP contribution in [-0.4, -0.2) is 40.7 Å². The van der Waals surface area contributed by atoms with Gasteiger partial charge in [-0.25, -0.2) is 9.97 Å². The number of aromatic nitrogens is 4. The maximum Gasteiger partial charge on any atom is 0.320 e. The van der Waals surface area contributed by atoms with Crippen molar-refractivity contribution in [3.8, 4) is 33.7 Å². The normalized spacial score (nSPS) is 10.3. The third kappa shape index (κ3) is 3.74. The highest BCUT2D eigenvalue weighted by molar-refractivity contribution is 7.13. The van der Waals surface area contributed by atoms with Crippen molar-refractivity contribution in [1.29, 1.82) is 0 Å². The molecule has 3 aromatic heterocycles. The fourth-order valence-corrected chi connectivity index (χ4v) is 2.88. The Labute approximate surface area is 149 Å². The molecule has 0 saturated carbocycles. The molecule has 7 nitrogen and oxygen atoms in total. The van der Waals surface area contributed by atoms with Gasteiger partial charge in [-0.1, -0.05) is 12.1 Å². The fraction of sp³-hybridized carbons (Fsp3) is 0.176. The maximum atomic E-state index is 5.23. The highest BCUT2D eigenvalue weighted by Crippen LogP contribution is 2.34. The van der Waals surface area contributed by atoms with Gasteiger partial charge in [-0.2, -0.15) is 9.97 Å². The highest BCUT2D eigenvalue weighted by Gasteiger charge is 2.16. The molecule has 0 fully saturated rings. The lowest BCUT2D eigenvalue weighted by Gasteiger charge is -2.11. The summed E-state index contributed by atoms with van der Waals surface area (Å²) in [5.41, 5.74) is 2.17. The van der Waals surface area contributed by atoms with Crippen LogP contribution in [0.5, 0.6) is 11.9 Å². The van der Waals surface area contributed by atoms with Crippen LogP contribution in [0.3, 0.4) is 0 Å². The summed E-state index contributed by atoms with van der Waals surface area (Å²) in [7, 11) is 3.06. The minimum Gasteiger partial charge on any atom is -0.481 e. The summed E-state index contributed by atoms with van der Waals surface area (Å²) in [6.07, 6.45) is 3.48. The topological polar surface area (TPSA) is 82.1 Å². The Balaban J connectivity index is 2.13. The van der Waals surface area contributed by atoms with Gasteiger partial charge >= 0.3 is 6.01 Å². The molecule has 0 aliphatic rings. The number of hydrogen-bond donors (Lipinski definition) is 1. The molecule has 128 valence electrons. The summed E-state index contributed by atoms with van der Waals surface area (Å²) in [6.45, 7) is 4.27. The zero-order valence-electron chi connectivity index (χ0n) is 13.9. The Hall–Kier alpha value is -3.00. The first-order valence-electron chi connectivity index (χ1n) is 7.48. The third-order valence-corrected chi connectivity index (χ3v) is 4.17. The minimum absolute atomic E-state index is 0.223. The quantitative estimate of drug-likeness (QED) is 0.651. The average Bonchev–Trinajstić information content (AvgIpc) is 3.20. The van der Waals surface area contributed by atoms with E-state index in [2.05, 4.69) is 31.8 Å². The van der Waals surface area contributed by atoms with Crippen LogP contribution >= 0.6 is 11.3 Å². The first kappa shape index (κ1) is 16.8. The van der Waals surface area contributed by atoms with E-state index in [-0.39, 0.29) is 6.01 Å². The van der Waals surface area contributed by atoms with Crippen LogP contribution in [0.25, 0.3) is 21.8 Å². The van der Waals surface area contributed by atoms with Gasteiger partial charge < -0.3 is 14.8 Å². The summed E-state index contributed by atoms with van der Waals surface area (Å²) in [4.78, 5) is 18.6. The Morgan fingerprint density at radius 3 is 2.80 bits per heavy atom. The second-order valence-electron chi connectivity index (χ2n) is 4.89. The number of methoxy groups -OCH3 is 2. The molecule has 3 heterocycles. The number of hydrogen-bond acceptors (Lipinski definition) is 8. The molecule has 25 heavy (non-hydrogen) atoms. The van der Waals surface area contributed by atoms with E-state index in [1.165, 1.54) is 7.11 Å². The summed E-state index contributed by atoms with van der Waals surface area (Å²) >= 11 is 1.59. The van der Waals surface area contributed by atoms with Gasteiger partial charge in [0.1, 0.15) is 0 Å². The standard InChI is InChI=1S/C17H17N5O2S/c1-4-7-18-16-19-10-11(15(22-16)13-6-5-8-25-13)12-9-14(23-2)21-17(20-12)24-3/h4-6,8-10H,1,7H2,2-3H3,(H,18,19,22). The second kappa shape index (κ2) is 7.71. The highest BCUT2D eigenvalue weighted by atomic mass is 32.1. The third-order valence-electron chi connectivity index (χ3n) is 3.30. The summed E-state index contributed by atoms with van der Waals surface area (Å²) in [5, 5.41) is 5.10. The van der Waals surface area contributed by atoms with Gasteiger partial charge in [0.05, 0.1) is 30.5 Å². The molecule has 0 bridgehead atoms. The molecule has 1 N–H and O–H groups in total. The predicted molar refractivity (Wildman–Crippen MR) is 98.2 cm³/mol. The van der Waals surface area contributed by atoms with Crippen molar-refractivity contribution in [3.05, 3.63) is 42.4 Å². The van der Waals surface area contributed by atoms with Crippen molar-refractivity contribution in [2.75, 3.05) is 26.1 Å². The number of thiophene rings is 1. The first-order chi connectivity index (χ1) is 12.2. The Morgan fingerprint density at radius 1 is 1.24 bits per heavy atom. The van der Waals surface area contributed by atoms with E-state index in [0.717, 1.165) is 16.1 Å². The van der Waals surface area contributed by atoms with E-state index in [9.17, 15) is 0 Å². The van der Waals surface area contributed by atoms with Crippen LogP contribution in [-0.2, 0) is 0 Å². The molecule has 0 saturated heterocycles. The molecule has 0 aliphatic carbocycles. The van der Waals surface area contributed by atoms with E-state index in [1.807, 2.05) is 17.5 Å². The minimum atomic E-state index is 0.223. The van der Waals surface area contributed by atoms with Crippen molar-refractivity contribution < 1.29 is 9.47 Å². The van der Waals surface area contributed by atoms with Crippen LogP contribution in [0, 0.1) is 0 Å². The number of rotatable bonds is 7. The van der Waals surface area contributed by atoms with Gasteiger partial charge in [0.2, 0.25) is 11.8 Å². The molecule has 0 aliphatic heterocycles. The van der Waals surface area contributed by atoms with Gasteiger partial charge in [0.15, 0.2) is 0 Å². The molecule has 0 aromatic carbocycles. The summed E-state index contributed by atoms with van der Waals surface area (Å²) in [6, 6.07) is 5.93. The van der Waals surface area contributed by atoms with Crippen molar-refractivity contribution in [1.82, 2.24) is 19.9 Å². The van der Waals surface area contributed by atoms with Crippen molar-refractivity contribution >= 4 is 17.3 Å². The Bertz CT molecular complexity index is 845. The number of nitrogens with zero attached hydrogens (tertiary/aromatic N) is 4. The van der Waals surface area contributed by atoms with Gasteiger partial charge in [-0.15, -0.1) is 17.9 Å². The molecule has 0 radical (unpaired) electrons. The zero-order chi connectivity index (χ0) is 17.6. The molecular formula is C17H17N5O2S. The SMILES string of the molecule is C=CCNc1ncc(-c2cc(OC)nc(OC)n2)c(-c2cccs2)n1. The molecule has 8 heteroatoms. The lowest BCUT2D eigenvalue weighted by Crippen LogP contribution is -2.05. The molecule has 3 aromatic rings. The first-order valence-corrected chi connectivity index (χ1v) is 8.36. The molecule has 0 unspecified atom stereocenters. The monoisotopic (exact) mass is 355 g/mol. The second-order valence-corrected chi connectivity index (χ2v) is 5.83. The van der Waals surface area contributed by atoms with Crippen molar-refractivity contribution in [2.45, 2.75) is 0 Å². The maximum absolute atomic E-state index is 5.23. The van der Waals surface area contributed by atoms with E-state index < -0.39 is 0 Å². The lowest BCUT2D eigenvalue weighted by atomic mass is 10.1. The summed E-state index contributed by atoms with van der Waals surface area (Å²) in [5.74, 6) is 0.938. The fourth-order valence-electron chi connectivity index (χ4n) is 2.16. The van der Waals surface area contributed by atoms with E-state index in [4.69, 9.17) is 9.47 Å². The Morgan fingerprint density at radius 2 is 2.12 bits per heavy atom. The van der Waals surface area contributed by atoms with Crippen LogP contribution in [0.2, 0.25) is 0 Å². The van der Waals surface area contributed by atoms with Crippen LogP contribution in [0.15, 0.2) is 42.4 Å². The summed E-state index contributed by atoms with van der Waals surface area (Å²) < 4.78 is 10.4. The number of ether oxygens (including phenoxy) is 2. The predicted octanol–water partition coefficient (Wildman–Crippen LogP) is 3.28. The largest absolute Gasteiger partial charge is 0.481 e. The van der Waals surface area contributed by atoms with E-state index >= 15 is 0 Å². The molecule has 0 amide bonds. The number of nitrogens with one attached hydrogen (secondary N) is 1. The van der Waals surface area contributed by atoms with E-state index in [0.29, 0.717) is 24.1 Å². The molecule has 0 spiro atoms. The Kier molecular flexibility index (Phi) is 5.20. The smallest absolute Gasteiger partial charge is 0.320 e. The average molecular weight is 355 g/mol. The van der Waals surface area contributed by atoms with Gasteiger partial charge in [0, 0.05) is 24.4 Å². The van der Waals surface area contributed by atoms with Crippen LogP contribution in [0.4, 0.5) is 5.95 Å². The van der Waals surface area contributed by atoms with Gasteiger partial charge in [0.25, 0.3) is 0 Å². The van der Waals surface area contributed by atoms with E-state index in [1.54, 1.807) is 36.8 Å². The molecule has 0 atom stereocenters. The molecular weight excluding hydrogens is 338 g/mol. The molecule has 3 rings (SSSR count). The van der Waals surface area contributed by atoms with Crippen LogP contribution < -0.4 is 14.8 Å². The van der Waals surface area contributed by atoms with Crippen molar-refractivity contribution in [2.24, 2.45) is 0 Å². The van der Waals surface area contributed by atoms with Crippen LogP contribution in [0.1, 0.15) is 0 Å².